The Hall–Kier alpha value is -2.91. The number of sulfonamides is 1. The van der Waals surface area contributed by atoms with Crippen molar-refractivity contribution >= 4 is 27.6 Å². The molecule has 1 atom stereocenters. The van der Waals surface area contributed by atoms with Gasteiger partial charge in [-0.25, -0.2) is 8.42 Å². The average molecular weight is 435 g/mol. The fourth-order valence-corrected chi connectivity index (χ4v) is 3.98. The SMILES string of the molecule is COc1ccc(C)cc1NC(=O)COC(=O)[C@@H](NS(=O)(=O)c1ccccc1)C(C)C. The van der Waals surface area contributed by atoms with E-state index in [-0.39, 0.29) is 4.90 Å². The number of amides is 1. The van der Waals surface area contributed by atoms with E-state index in [4.69, 9.17) is 9.47 Å². The van der Waals surface area contributed by atoms with Gasteiger partial charge in [-0.05, 0) is 42.7 Å². The number of carbonyl (C=O) groups is 2. The van der Waals surface area contributed by atoms with Crippen molar-refractivity contribution in [2.75, 3.05) is 19.0 Å². The number of hydrogen-bond donors (Lipinski definition) is 2. The normalized spacial score (nSPS) is 12.3. The summed E-state index contributed by atoms with van der Waals surface area (Å²) in [5.41, 5.74) is 1.36. The number of esters is 1. The van der Waals surface area contributed by atoms with E-state index < -0.39 is 40.5 Å². The van der Waals surface area contributed by atoms with Crippen molar-refractivity contribution in [2.45, 2.75) is 31.7 Å². The lowest BCUT2D eigenvalue weighted by Crippen LogP contribution is -2.45. The molecule has 2 aromatic carbocycles. The molecule has 2 aromatic rings. The molecule has 0 aliphatic rings. The molecule has 0 bridgehead atoms. The molecular formula is C21H26N2O6S. The van der Waals surface area contributed by atoms with Crippen molar-refractivity contribution in [3.8, 4) is 5.75 Å². The highest BCUT2D eigenvalue weighted by Gasteiger charge is 2.30. The van der Waals surface area contributed by atoms with Crippen LogP contribution in [-0.4, -0.2) is 40.1 Å². The van der Waals surface area contributed by atoms with E-state index in [2.05, 4.69) is 10.0 Å². The standard InChI is InChI=1S/C21H26N2O6S/c1-14(2)20(23-30(26,27)16-8-6-5-7-9-16)21(25)29-13-19(24)22-17-12-15(3)10-11-18(17)28-4/h5-12,14,20,23H,13H2,1-4H3,(H,22,24)/t20-/m0/s1. The van der Waals surface area contributed by atoms with Crippen molar-refractivity contribution in [3.63, 3.8) is 0 Å². The molecule has 0 fully saturated rings. The van der Waals surface area contributed by atoms with Gasteiger partial charge in [0.15, 0.2) is 6.61 Å². The Kier molecular flexibility index (Phi) is 7.96. The molecule has 162 valence electrons. The van der Waals surface area contributed by atoms with Crippen molar-refractivity contribution in [1.29, 1.82) is 0 Å². The van der Waals surface area contributed by atoms with Crippen LogP contribution < -0.4 is 14.8 Å². The molecular weight excluding hydrogens is 408 g/mol. The summed E-state index contributed by atoms with van der Waals surface area (Å²) in [6, 6.07) is 11.8. The first-order chi connectivity index (χ1) is 14.1. The summed E-state index contributed by atoms with van der Waals surface area (Å²) in [7, 11) is -2.44. The van der Waals surface area contributed by atoms with Gasteiger partial charge in [0.2, 0.25) is 10.0 Å². The molecule has 0 aliphatic carbocycles. The summed E-state index contributed by atoms with van der Waals surface area (Å²) in [5, 5.41) is 2.62. The summed E-state index contributed by atoms with van der Waals surface area (Å²) in [6.07, 6.45) is 0. The van der Waals surface area contributed by atoms with Crippen LogP contribution in [0.1, 0.15) is 19.4 Å². The maximum absolute atomic E-state index is 12.5. The molecule has 0 saturated heterocycles. The minimum atomic E-state index is -3.92. The minimum Gasteiger partial charge on any atom is -0.495 e. The van der Waals surface area contributed by atoms with Crippen LogP contribution in [0.4, 0.5) is 5.69 Å². The van der Waals surface area contributed by atoms with E-state index in [9.17, 15) is 18.0 Å². The van der Waals surface area contributed by atoms with Gasteiger partial charge < -0.3 is 14.8 Å². The number of methoxy groups -OCH3 is 1. The van der Waals surface area contributed by atoms with Gasteiger partial charge in [0.25, 0.3) is 5.91 Å². The first-order valence-electron chi connectivity index (χ1n) is 9.32. The molecule has 0 heterocycles. The number of hydrogen-bond acceptors (Lipinski definition) is 6. The number of ether oxygens (including phenoxy) is 2. The van der Waals surface area contributed by atoms with Crippen LogP contribution in [0, 0.1) is 12.8 Å². The van der Waals surface area contributed by atoms with Gasteiger partial charge in [0.05, 0.1) is 17.7 Å². The maximum Gasteiger partial charge on any atom is 0.324 e. The number of rotatable bonds is 9. The highest BCUT2D eigenvalue weighted by Crippen LogP contribution is 2.25. The van der Waals surface area contributed by atoms with E-state index in [0.29, 0.717) is 11.4 Å². The van der Waals surface area contributed by atoms with Crippen LogP contribution in [0.2, 0.25) is 0 Å². The molecule has 0 spiro atoms. The Morgan fingerprint density at radius 1 is 1.07 bits per heavy atom. The van der Waals surface area contributed by atoms with Gasteiger partial charge in [-0.3, -0.25) is 9.59 Å². The third-order valence-electron chi connectivity index (χ3n) is 4.23. The van der Waals surface area contributed by atoms with E-state index in [1.165, 1.54) is 19.2 Å². The van der Waals surface area contributed by atoms with Gasteiger partial charge in [-0.15, -0.1) is 0 Å². The highest BCUT2D eigenvalue weighted by molar-refractivity contribution is 7.89. The smallest absolute Gasteiger partial charge is 0.324 e. The number of carbonyl (C=O) groups excluding carboxylic acids is 2. The summed E-state index contributed by atoms with van der Waals surface area (Å²) >= 11 is 0. The lowest BCUT2D eigenvalue weighted by Gasteiger charge is -2.20. The molecule has 0 aromatic heterocycles. The Bertz CT molecular complexity index is 990. The van der Waals surface area contributed by atoms with Crippen LogP contribution in [0.15, 0.2) is 53.4 Å². The molecule has 9 heteroatoms. The van der Waals surface area contributed by atoms with E-state index in [1.54, 1.807) is 44.2 Å². The van der Waals surface area contributed by atoms with Crippen molar-refractivity contribution in [2.24, 2.45) is 5.92 Å². The van der Waals surface area contributed by atoms with Gasteiger partial charge >= 0.3 is 5.97 Å². The second-order valence-corrected chi connectivity index (χ2v) is 8.73. The molecule has 0 unspecified atom stereocenters. The molecule has 2 N–H and O–H groups in total. The third-order valence-corrected chi connectivity index (χ3v) is 5.69. The second-order valence-electron chi connectivity index (χ2n) is 7.02. The Balaban J connectivity index is 2.02. The van der Waals surface area contributed by atoms with Gasteiger partial charge in [0, 0.05) is 0 Å². The summed E-state index contributed by atoms with van der Waals surface area (Å²) in [5.74, 6) is -1.33. The molecule has 8 nitrogen and oxygen atoms in total. The van der Waals surface area contributed by atoms with Crippen LogP contribution in [0.25, 0.3) is 0 Å². The average Bonchev–Trinajstić information content (AvgIpc) is 2.71. The van der Waals surface area contributed by atoms with Gasteiger partial charge in [0.1, 0.15) is 11.8 Å². The second kappa shape index (κ2) is 10.2. The van der Waals surface area contributed by atoms with E-state index in [0.717, 1.165) is 5.56 Å². The molecule has 0 aliphatic heterocycles. The highest BCUT2D eigenvalue weighted by atomic mass is 32.2. The van der Waals surface area contributed by atoms with Crippen LogP contribution >= 0.6 is 0 Å². The van der Waals surface area contributed by atoms with E-state index in [1.807, 2.05) is 13.0 Å². The van der Waals surface area contributed by atoms with Crippen LogP contribution in [0.3, 0.4) is 0 Å². The monoisotopic (exact) mass is 434 g/mol. The van der Waals surface area contributed by atoms with Gasteiger partial charge in [-0.2, -0.15) is 4.72 Å². The number of nitrogens with one attached hydrogen (secondary N) is 2. The zero-order chi connectivity index (χ0) is 22.3. The number of aryl methyl sites for hydroxylation is 1. The van der Waals surface area contributed by atoms with Crippen LogP contribution in [-0.2, 0) is 24.3 Å². The molecule has 2 rings (SSSR count). The third kappa shape index (κ3) is 6.30. The molecule has 0 saturated carbocycles. The van der Waals surface area contributed by atoms with Crippen molar-refractivity contribution < 1.29 is 27.5 Å². The number of benzene rings is 2. The first kappa shape index (κ1) is 23.4. The quantitative estimate of drug-likeness (QED) is 0.587. The Morgan fingerprint density at radius 2 is 1.73 bits per heavy atom. The Morgan fingerprint density at radius 3 is 2.33 bits per heavy atom. The van der Waals surface area contributed by atoms with E-state index >= 15 is 0 Å². The van der Waals surface area contributed by atoms with Gasteiger partial charge in [-0.1, -0.05) is 38.1 Å². The van der Waals surface area contributed by atoms with Crippen molar-refractivity contribution in [1.82, 2.24) is 4.72 Å². The van der Waals surface area contributed by atoms with Crippen molar-refractivity contribution in [3.05, 3.63) is 54.1 Å². The predicted octanol–water partition coefficient (Wildman–Crippen LogP) is 2.49. The molecule has 0 radical (unpaired) electrons. The van der Waals surface area contributed by atoms with Crippen LogP contribution in [0.5, 0.6) is 5.75 Å². The number of anilines is 1. The Labute approximate surface area is 176 Å². The predicted molar refractivity (Wildman–Crippen MR) is 113 cm³/mol. The lowest BCUT2D eigenvalue weighted by atomic mass is 10.1. The minimum absolute atomic E-state index is 0.0349. The fraction of sp³-hybridized carbons (Fsp3) is 0.333. The summed E-state index contributed by atoms with van der Waals surface area (Å²) in [4.78, 5) is 24.7. The fourth-order valence-electron chi connectivity index (χ4n) is 2.62. The lowest BCUT2D eigenvalue weighted by molar-refractivity contribution is -0.150. The summed E-state index contributed by atoms with van der Waals surface area (Å²) < 4.78 is 37.7. The summed E-state index contributed by atoms with van der Waals surface area (Å²) in [6.45, 7) is 4.65. The zero-order valence-corrected chi connectivity index (χ0v) is 18.2. The topological polar surface area (TPSA) is 111 Å². The largest absolute Gasteiger partial charge is 0.495 e. The molecule has 1 amide bonds. The molecule has 30 heavy (non-hydrogen) atoms. The zero-order valence-electron chi connectivity index (χ0n) is 17.3. The maximum atomic E-state index is 12.5. The first-order valence-corrected chi connectivity index (χ1v) is 10.8.